The van der Waals surface area contributed by atoms with Crippen LogP contribution in [0.15, 0.2) is 60.7 Å². The zero-order valence-corrected chi connectivity index (χ0v) is 32.6. The van der Waals surface area contributed by atoms with E-state index in [2.05, 4.69) is 24.0 Å². The number of carboxylic acid groups (broad SMARTS) is 2. The SMILES string of the molecule is CCCCCCCCCC(=O)c1c(C)nn(-c2ccccc2)c1C(=O)[O-].CCCCCCCCCC(=O)c1c(C)nn(-c2ccccc2)c1C(=O)[O-].[Ni+2]. The second-order valence-electron chi connectivity index (χ2n) is 13.3. The number of aromatic carboxylic acids is 2. The van der Waals surface area contributed by atoms with Gasteiger partial charge in [0.25, 0.3) is 0 Å². The maximum absolute atomic E-state index is 12.6. The zero-order chi connectivity index (χ0) is 37.9. The molecule has 53 heavy (non-hydrogen) atoms. The van der Waals surface area contributed by atoms with Gasteiger partial charge in [-0.15, -0.1) is 0 Å². The van der Waals surface area contributed by atoms with E-state index < -0.39 is 11.9 Å². The van der Waals surface area contributed by atoms with E-state index in [0.717, 1.165) is 38.5 Å². The molecule has 288 valence electrons. The predicted octanol–water partition coefficient (Wildman–Crippen LogP) is 7.73. The fraction of sp³-hybridized carbons (Fsp3) is 0.476. The first-order chi connectivity index (χ1) is 25.1. The number of ketones is 2. The third-order valence-corrected chi connectivity index (χ3v) is 9.08. The van der Waals surface area contributed by atoms with Gasteiger partial charge in [-0.1, -0.05) is 127 Å². The number of carboxylic acids is 2. The van der Waals surface area contributed by atoms with Gasteiger partial charge in [-0.05, 0) is 51.0 Å². The van der Waals surface area contributed by atoms with E-state index in [9.17, 15) is 29.4 Å². The number of hydrogen-bond acceptors (Lipinski definition) is 8. The molecular formula is C42H54N4NiO6. The molecule has 4 rings (SSSR count). The van der Waals surface area contributed by atoms with Crippen molar-refractivity contribution in [2.75, 3.05) is 0 Å². The Kier molecular flexibility index (Phi) is 20.3. The number of carbonyl (C=O) groups excluding carboxylic acids is 4. The smallest absolute Gasteiger partial charge is 0.543 e. The number of unbranched alkanes of at least 4 members (excludes halogenated alkanes) is 12. The van der Waals surface area contributed by atoms with Crippen molar-refractivity contribution >= 4 is 23.5 Å². The Bertz CT molecular complexity index is 1610. The van der Waals surface area contributed by atoms with Gasteiger partial charge in [-0.2, -0.15) is 10.2 Å². The molecule has 4 aromatic rings. The average molecular weight is 770 g/mol. The third kappa shape index (κ3) is 13.5. The summed E-state index contributed by atoms with van der Waals surface area (Å²) < 4.78 is 2.59. The van der Waals surface area contributed by atoms with Crippen LogP contribution in [-0.4, -0.2) is 43.1 Å². The number of aromatic nitrogens is 4. The Morgan fingerprint density at radius 3 is 1.11 bits per heavy atom. The summed E-state index contributed by atoms with van der Waals surface area (Å²) in [6, 6.07) is 17.9. The summed E-state index contributed by atoms with van der Waals surface area (Å²) in [6.45, 7) is 7.71. The van der Waals surface area contributed by atoms with Crippen LogP contribution in [0.25, 0.3) is 11.4 Å². The van der Waals surface area contributed by atoms with Gasteiger partial charge in [0, 0.05) is 12.8 Å². The van der Waals surface area contributed by atoms with Gasteiger partial charge in [-0.25, -0.2) is 9.36 Å². The number of aryl methyl sites for hydroxylation is 2. The summed E-state index contributed by atoms with van der Waals surface area (Å²) in [7, 11) is 0. The molecule has 0 saturated carbocycles. The third-order valence-electron chi connectivity index (χ3n) is 9.08. The van der Waals surface area contributed by atoms with Crippen LogP contribution in [0, 0.1) is 13.8 Å². The van der Waals surface area contributed by atoms with E-state index in [-0.39, 0.29) is 50.6 Å². The van der Waals surface area contributed by atoms with Crippen LogP contribution in [0.3, 0.4) is 0 Å². The monoisotopic (exact) mass is 768 g/mol. The van der Waals surface area contributed by atoms with Crippen LogP contribution in [0.1, 0.15) is 170 Å². The molecule has 2 heterocycles. The van der Waals surface area contributed by atoms with Crippen LogP contribution in [0.2, 0.25) is 0 Å². The largest absolute Gasteiger partial charge is 2.00 e. The quantitative estimate of drug-likeness (QED) is 0.0448. The number of benzene rings is 2. The molecule has 0 amide bonds. The van der Waals surface area contributed by atoms with E-state index >= 15 is 0 Å². The molecule has 0 bridgehead atoms. The molecule has 0 unspecified atom stereocenters. The van der Waals surface area contributed by atoms with E-state index in [4.69, 9.17) is 0 Å². The van der Waals surface area contributed by atoms with Gasteiger partial charge in [0.1, 0.15) is 11.4 Å². The zero-order valence-electron chi connectivity index (χ0n) is 31.6. The van der Waals surface area contributed by atoms with Crippen molar-refractivity contribution in [2.24, 2.45) is 0 Å². The standard InChI is InChI=1S/2C21H28N2O3.Ni/c2*1-3-4-5-6-7-8-12-15-18(24)19-16(2)22-23(20(19)21(25)26)17-13-10-9-11-14-17;/h2*9-11,13-14H,3-8,12,15H2,1-2H3,(H,25,26);/q;;+2/p-2. The van der Waals surface area contributed by atoms with Crippen LogP contribution >= 0.6 is 0 Å². The number of carbonyl (C=O) groups is 4. The van der Waals surface area contributed by atoms with Crippen LogP contribution in [0.5, 0.6) is 0 Å². The normalized spacial score (nSPS) is 10.6. The van der Waals surface area contributed by atoms with Crippen LogP contribution in [0.4, 0.5) is 0 Å². The fourth-order valence-corrected chi connectivity index (χ4v) is 6.35. The van der Waals surface area contributed by atoms with Crippen molar-refractivity contribution in [1.82, 2.24) is 19.6 Å². The summed E-state index contributed by atoms with van der Waals surface area (Å²) in [6.07, 6.45) is 16.2. The molecule has 0 saturated heterocycles. The van der Waals surface area contributed by atoms with Crippen molar-refractivity contribution in [3.8, 4) is 11.4 Å². The van der Waals surface area contributed by atoms with Crippen molar-refractivity contribution in [3.63, 3.8) is 0 Å². The van der Waals surface area contributed by atoms with Gasteiger partial charge in [0.2, 0.25) is 0 Å². The molecule has 0 aliphatic heterocycles. The van der Waals surface area contributed by atoms with Gasteiger partial charge in [-0.3, -0.25) is 9.59 Å². The molecule has 10 nitrogen and oxygen atoms in total. The summed E-state index contributed by atoms with van der Waals surface area (Å²) in [5, 5.41) is 31.9. The number of hydrogen-bond donors (Lipinski definition) is 0. The van der Waals surface area contributed by atoms with E-state index in [1.54, 1.807) is 62.4 Å². The van der Waals surface area contributed by atoms with E-state index in [1.165, 1.54) is 60.7 Å². The molecule has 0 atom stereocenters. The van der Waals surface area contributed by atoms with Gasteiger partial charge in [0.15, 0.2) is 11.6 Å². The second-order valence-corrected chi connectivity index (χ2v) is 13.3. The van der Waals surface area contributed by atoms with Gasteiger partial charge in [0.05, 0.1) is 45.8 Å². The van der Waals surface area contributed by atoms with Crippen molar-refractivity contribution in [2.45, 2.75) is 130 Å². The first-order valence-corrected chi connectivity index (χ1v) is 18.9. The molecule has 2 aromatic heterocycles. The Morgan fingerprint density at radius 1 is 0.509 bits per heavy atom. The Hall–Kier alpha value is -4.37. The summed E-state index contributed by atoms with van der Waals surface area (Å²) in [5.74, 6) is -3.09. The van der Waals surface area contributed by atoms with E-state index in [0.29, 0.717) is 35.6 Å². The number of para-hydroxylation sites is 2. The minimum absolute atomic E-state index is 0. The molecule has 2 aromatic carbocycles. The first-order valence-electron chi connectivity index (χ1n) is 18.9. The van der Waals surface area contributed by atoms with Crippen LogP contribution < -0.4 is 10.2 Å². The molecule has 11 heteroatoms. The average Bonchev–Trinajstić information content (AvgIpc) is 3.69. The Morgan fingerprint density at radius 2 is 0.811 bits per heavy atom. The fourth-order valence-electron chi connectivity index (χ4n) is 6.35. The Balaban J connectivity index is 0.000000360. The summed E-state index contributed by atoms with van der Waals surface area (Å²) >= 11 is 0. The maximum atomic E-state index is 12.6. The molecule has 0 aliphatic carbocycles. The molecule has 0 aliphatic rings. The van der Waals surface area contributed by atoms with Gasteiger partial charge >= 0.3 is 16.5 Å². The minimum atomic E-state index is -1.38. The topological polar surface area (TPSA) is 150 Å². The van der Waals surface area contributed by atoms with E-state index in [1.807, 2.05) is 12.1 Å². The van der Waals surface area contributed by atoms with Crippen molar-refractivity contribution in [3.05, 3.63) is 94.6 Å². The maximum Gasteiger partial charge on any atom is 2.00 e. The summed E-state index contributed by atoms with van der Waals surface area (Å²) in [5.41, 5.74) is 2.12. The molecule has 0 fully saturated rings. The van der Waals surface area contributed by atoms with Gasteiger partial charge < -0.3 is 19.8 Å². The molecule has 0 N–H and O–H groups in total. The molecule has 0 radical (unpaired) electrons. The molecular weight excluding hydrogens is 715 g/mol. The first kappa shape index (κ1) is 44.8. The minimum Gasteiger partial charge on any atom is -0.543 e. The predicted molar refractivity (Wildman–Crippen MR) is 199 cm³/mol. The molecule has 0 spiro atoms. The second kappa shape index (κ2) is 24.0. The number of Topliss-reactive ketones (excluding diaryl/α,β-unsaturated/α-hetero) is 2. The Labute approximate surface area is 324 Å². The van der Waals surface area contributed by atoms with Crippen LogP contribution in [-0.2, 0) is 16.5 Å². The summed E-state index contributed by atoms with van der Waals surface area (Å²) in [4.78, 5) is 48.6. The van der Waals surface area contributed by atoms with Crippen molar-refractivity contribution < 1.29 is 45.9 Å². The number of rotatable bonds is 22. The van der Waals surface area contributed by atoms with Crippen molar-refractivity contribution in [1.29, 1.82) is 0 Å². The number of nitrogens with zero attached hydrogens (tertiary/aromatic N) is 4.